The van der Waals surface area contributed by atoms with Crippen LogP contribution in [0.5, 0.6) is 0 Å². The molecule has 39 heavy (non-hydrogen) atoms. The molecule has 2 nitrogen and oxygen atoms in total. The Bertz CT molecular complexity index is 1920. The predicted octanol–water partition coefficient (Wildman–Crippen LogP) is 9.49. The van der Waals surface area contributed by atoms with Gasteiger partial charge >= 0.3 is 0 Å². The molecule has 1 aliphatic rings. The second kappa shape index (κ2) is 8.47. The van der Waals surface area contributed by atoms with Gasteiger partial charge in [0.1, 0.15) is 0 Å². The fourth-order valence-electron chi connectivity index (χ4n) is 6.67. The fourth-order valence-corrected chi connectivity index (χ4v) is 6.67. The van der Waals surface area contributed by atoms with Crippen LogP contribution in [0.2, 0.25) is 0 Å². The molecule has 184 valence electrons. The molecule has 0 atom stereocenters. The molecule has 6 aromatic carbocycles. The number of benzene rings is 6. The number of anilines is 3. The largest absolute Gasteiger partial charge is 0.355 e. The van der Waals surface area contributed by atoms with Gasteiger partial charge in [0, 0.05) is 27.5 Å². The van der Waals surface area contributed by atoms with Gasteiger partial charge < -0.3 is 9.88 Å². The summed E-state index contributed by atoms with van der Waals surface area (Å²) in [4.78, 5) is 6.11. The molecule has 0 saturated heterocycles. The monoisotopic (exact) mass is 498 g/mol. The molecular formula is C37H26N2. The summed E-state index contributed by atoms with van der Waals surface area (Å²) in [5.74, 6) is 0. The number of hydrogen-bond acceptors (Lipinski definition) is 1. The third kappa shape index (κ3) is 3.09. The highest BCUT2D eigenvalue weighted by Crippen LogP contribution is 2.57. The van der Waals surface area contributed by atoms with Gasteiger partial charge in [-0.3, -0.25) is 0 Å². The Morgan fingerprint density at radius 1 is 0.436 bits per heavy atom. The molecular weight excluding hydrogens is 472 g/mol. The Hall–Kier alpha value is -5.08. The van der Waals surface area contributed by atoms with Crippen molar-refractivity contribution in [3.63, 3.8) is 0 Å². The van der Waals surface area contributed by atoms with Crippen molar-refractivity contribution in [2.24, 2.45) is 0 Å². The van der Waals surface area contributed by atoms with E-state index < -0.39 is 5.41 Å². The summed E-state index contributed by atoms with van der Waals surface area (Å²) >= 11 is 0. The van der Waals surface area contributed by atoms with Crippen LogP contribution in [0.4, 0.5) is 17.1 Å². The van der Waals surface area contributed by atoms with Crippen LogP contribution in [-0.4, -0.2) is 4.98 Å². The molecule has 0 fully saturated rings. The van der Waals surface area contributed by atoms with Crippen LogP contribution in [0, 0.1) is 0 Å². The lowest BCUT2D eigenvalue weighted by Gasteiger charge is -2.46. The summed E-state index contributed by atoms with van der Waals surface area (Å²) in [7, 11) is 0. The highest BCUT2D eigenvalue weighted by atomic mass is 15.2. The van der Waals surface area contributed by atoms with Gasteiger partial charge in [0.25, 0.3) is 0 Å². The van der Waals surface area contributed by atoms with Gasteiger partial charge in [0.05, 0.1) is 16.8 Å². The van der Waals surface area contributed by atoms with Crippen molar-refractivity contribution >= 4 is 38.9 Å². The van der Waals surface area contributed by atoms with Crippen LogP contribution >= 0.6 is 0 Å². The van der Waals surface area contributed by atoms with Crippen molar-refractivity contribution in [1.82, 2.24) is 4.98 Å². The van der Waals surface area contributed by atoms with E-state index in [2.05, 4.69) is 162 Å². The third-order valence-corrected chi connectivity index (χ3v) is 8.26. The van der Waals surface area contributed by atoms with E-state index in [9.17, 15) is 0 Å². The van der Waals surface area contributed by atoms with E-state index in [1.54, 1.807) is 0 Å². The van der Waals surface area contributed by atoms with Gasteiger partial charge in [-0.15, -0.1) is 0 Å². The Labute approximate surface area is 227 Å². The summed E-state index contributed by atoms with van der Waals surface area (Å²) in [5, 5.41) is 2.51. The number of nitrogens with zero attached hydrogens (tertiary/aromatic N) is 1. The van der Waals surface area contributed by atoms with Crippen molar-refractivity contribution in [3.05, 3.63) is 174 Å². The lowest BCUT2D eigenvalue weighted by atomic mass is 9.62. The second-order valence-corrected chi connectivity index (χ2v) is 10.3. The van der Waals surface area contributed by atoms with Crippen LogP contribution in [-0.2, 0) is 5.41 Å². The van der Waals surface area contributed by atoms with Gasteiger partial charge in [0.2, 0.25) is 0 Å². The maximum atomic E-state index is 3.70. The zero-order valence-electron chi connectivity index (χ0n) is 21.4. The molecule has 0 amide bonds. The molecule has 2 heteroatoms. The normalized spacial score (nSPS) is 13.8. The topological polar surface area (TPSA) is 19.0 Å². The lowest BCUT2D eigenvalue weighted by Crippen LogP contribution is -2.37. The maximum absolute atomic E-state index is 3.70. The second-order valence-electron chi connectivity index (χ2n) is 10.3. The predicted molar refractivity (Wildman–Crippen MR) is 162 cm³/mol. The van der Waals surface area contributed by atoms with Gasteiger partial charge in [-0.25, -0.2) is 0 Å². The summed E-state index contributed by atoms with van der Waals surface area (Å²) in [6.07, 6.45) is 0. The number of rotatable bonds is 3. The molecule has 8 rings (SSSR count). The first-order valence-electron chi connectivity index (χ1n) is 13.5. The van der Waals surface area contributed by atoms with E-state index in [-0.39, 0.29) is 0 Å². The molecule has 1 N–H and O–H groups in total. The molecule has 0 bridgehead atoms. The minimum absolute atomic E-state index is 0.495. The number of hydrogen-bond donors (Lipinski definition) is 1. The van der Waals surface area contributed by atoms with Crippen molar-refractivity contribution < 1.29 is 0 Å². The number of aromatic nitrogens is 1. The average molecular weight is 499 g/mol. The van der Waals surface area contributed by atoms with E-state index >= 15 is 0 Å². The number of para-hydroxylation sites is 4. The number of nitrogens with one attached hydrogen (secondary N) is 1. The maximum Gasteiger partial charge on any atom is 0.0743 e. The fraction of sp³-hybridized carbons (Fsp3) is 0.0270. The van der Waals surface area contributed by atoms with Crippen LogP contribution in [0.3, 0.4) is 0 Å². The molecule has 7 aromatic rings. The first-order valence-corrected chi connectivity index (χ1v) is 13.5. The smallest absolute Gasteiger partial charge is 0.0743 e. The minimum atomic E-state index is -0.495. The van der Waals surface area contributed by atoms with E-state index in [1.807, 2.05) is 0 Å². The van der Waals surface area contributed by atoms with Crippen LogP contribution in [0.1, 0.15) is 22.3 Å². The summed E-state index contributed by atoms with van der Waals surface area (Å²) in [6.45, 7) is 0. The zero-order chi connectivity index (χ0) is 25.8. The third-order valence-electron chi connectivity index (χ3n) is 8.26. The quantitative estimate of drug-likeness (QED) is 0.257. The standard InChI is InChI=1S/C37H26N2/c1-3-13-26(14-4-1)37(27-23-24-30-29-17-7-10-20-33(29)38-34(30)25-27)31-18-8-11-21-35(31)39(28-15-5-2-6-16-28)36-22-12-9-19-32(36)37/h1-25,38H. The van der Waals surface area contributed by atoms with Gasteiger partial charge in [-0.1, -0.05) is 115 Å². The molecule has 0 radical (unpaired) electrons. The number of H-pyrrole nitrogens is 1. The Balaban J connectivity index is 1.51. The van der Waals surface area contributed by atoms with Gasteiger partial charge in [0.15, 0.2) is 0 Å². The number of aromatic amines is 1. The van der Waals surface area contributed by atoms with E-state index in [4.69, 9.17) is 0 Å². The molecule has 0 aliphatic carbocycles. The number of fused-ring (bicyclic) bond motifs is 5. The van der Waals surface area contributed by atoms with E-state index in [1.165, 1.54) is 44.4 Å². The molecule has 0 unspecified atom stereocenters. The van der Waals surface area contributed by atoms with Crippen LogP contribution < -0.4 is 4.90 Å². The van der Waals surface area contributed by atoms with Crippen molar-refractivity contribution in [2.45, 2.75) is 5.41 Å². The Morgan fingerprint density at radius 3 is 1.72 bits per heavy atom. The highest BCUT2D eigenvalue weighted by Gasteiger charge is 2.46. The van der Waals surface area contributed by atoms with E-state index in [0.29, 0.717) is 0 Å². The van der Waals surface area contributed by atoms with Gasteiger partial charge in [-0.2, -0.15) is 0 Å². The summed E-state index contributed by atoms with van der Waals surface area (Å²) in [6, 6.07) is 55.0. The first kappa shape index (κ1) is 22.0. The lowest BCUT2D eigenvalue weighted by molar-refractivity contribution is 0.732. The Morgan fingerprint density at radius 2 is 1.00 bits per heavy atom. The van der Waals surface area contributed by atoms with Gasteiger partial charge in [-0.05, 0) is 58.7 Å². The average Bonchev–Trinajstić information content (AvgIpc) is 3.39. The molecule has 2 heterocycles. The SMILES string of the molecule is c1ccc(N2c3ccccc3C(c3ccccc3)(c3ccc4c(c3)[nH]c3ccccc34)c3ccccc32)cc1. The Kier molecular flexibility index (Phi) is 4.77. The van der Waals surface area contributed by atoms with Crippen molar-refractivity contribution in [3.8, 4) is 0 Å². The van der Waals surface area contributed by atoms with Crippen LogP contribution in [0.15, 0.2) is 152 Å². The molecule has 1 aromatic heterocycles. The molecule has 0 spiro atoms. The summed E-state index contributed by atoms with van der Waals surface area (Å²) in [5.41, 5.74) is 10.4. The molecule has 0 saturated carbocycles. The van der Waals surface area contributed by atoms with E-state index in [0.717, 1.165) is 16.7 Å². The first-order chi connectivity index (χ1) is 19.4. The minimum Gasteiger partial charge on any atom is -0.355 e. The summed E-state index contributed by atoms with van der Waals surface area (Å²) < 4.78 is 0. The zero-order valence-corrected chi connectivity index (χ0v) is 21.4. The molecule has 1 aliphatic heterocycles. The van der Waals surface area contributed by atoms with Crippen molar-refractivity contribution in [2.75, 3.05) is 4.90 Å². The highest BCUT2D eigenvalue weighted by molar-refractivity contribution is 6.07. The van der Waals surface area contributed by atoms with Crippen LogP contribution in [0.25, 0.3) is 21.8 Å². The van der Waals surface area contributed by atoms with Crippen molar-refractivity contribution in [1.29, 1.82) is 0 Å².